The molecule has 1 aromatic carbocycles. The molecule has 0 radical (unpaired) electrons. The van der Waals surface area contributed by atoms with Crippen molar-refractivity contribution in [3.8, 4) is 11.6 Å². The van der Waals surface area contributed by atoms with Crippen molar-refractivity contribution in [1.82, 2.24) is 24.6 Å². The van der Waals surface area contributed by atoms with Gasteiger partial charge < -0.3 is 21.1 Å². The molecule has 0 bridgehead atoms. The Bertz CT molecular complexity index is 1440. The largest absolute Gasteiger partial charge is 0.434 e. The molecular weight excluding hydrogens is 548 g/mol. The van der Waals surface area contributed by atoms with E-state index in [4.69, 9.17) is 10.5 Å². The van der Waals surface area contributed by atoms with Crippen molar-refractivity contribution in [2.45, 2.75) is 38.7 Å². The number of rotatable bonds is 11. The summed E-state index contributed by atoms with van der Waals surface area (Å²) < 4.78 is 61.5. The first-order valence-corrected chi connectivity index (χ1v) is 12.7. The maximum absolute atomic E-state index is 14.6. The summed E-state index contributed by atoms with van der Waals surface area (Å²) in [7, 11) is 0. The van der Waals surface area contributed by atoms with Crippen molar-refractivity contribution >= 4 is 29.0 Å². The lowest BCUT2D eigenvalue weighted by atomic mass is 10.1. The standard InChI is InChI=1S/C26H28F4N8O3/c1-3-18-26(41-20-10-19(34-22(39)4-2)16(27)9-17(20)28)36-25(23(35-18)24(31)40)33-14-11-32-38(12-14)15-5-7-37(8-6-15)13-21(29)30/h4,9-12,15,21H,2-3,5-8,13H2,1H3,(H2,31,40)(H,33,36)(H,34,39). The van der Waals surface area contributed by atoms with Crippen LogP contribution in [0.4, 0.5) is 34.8 Å². The highest BCUT2D eigenvalue weighted by Gasteiger charge is 2.24. The second-order valence-electron chi connectivity index (χ2n) is 9.21. The zero-order chi connectivity index (χ0) is 29.7. The minimum atomic E-state index is -2.39. The number of carbonyl (C=O) groups is 2. The van der Waals surface area contributed by atoms with Crippen molar-refractivity contribution in [3.05, 3.63) is 60.2 Å². The summed E-state index contributed by atoms with van der Waals surface area (Å²) in [6.07, 6.45) is 3.16. The van der Waals surface area contributed by atoms with E-state index in [1.165, 1.54) is 6.20 Å². The first-order valence-electron chi connectivity index (χ1n) is 12.7. The Balaban J connectivity index is 1.58. The zero-order valence-corrected chi connectivity index (χ0v) is 22.0. The van der Waals surface area contributed by atoms with Gasteiger partial charge in [-0.1, -0.05) is 13.5 Å². The van der Waals surface area contributed by atoms with Gasteiger partial charge in [-0.15, -0.1) is 0 Å². The Morgan fingerprint density at radius 3 is 2.59 bits per heavy atom. The van der Waals surface area contributed by atoms with E-state index in [1.807, 2.05) is 0 Å². The molecule has 4 N–H and O–H groups in total. The molecule has 11 nitrogen and oxygen atoms in total. The molecule has 1 saturated heterocycles. The van der Waals surface area contributed by atoms with E-state index in [0.29, 0.717) is 37.7 Å². The average molecular weight is 577 g/mol. The summed E-state index contributed by atoms with van der Waals surface area (Å²) in [5, 5.41) is 9.49. The topological polar surface area (TPSA) is 140 Å². The third kappa shape index (κ3) is 7.16. The minimum Gasteiger partial charge on any atom is -0.434 e. The number of amides is 2. The number of hydrogen-bond donors (Lipinski definition) is 3. The van der Waals surface area contributed by atoms with Crippen LogP contribution in [-0.2, 0) is 11.2 Å². The maximum Gasteiger partial charge on any atom is 0.271 e. The summed E-state index contributed by atoms with van der Waals surface area (Å²) in [5.41, 5.74) is 5.56. The monoisotopic (exact) mass is 576 g/mol. The SMILES string of the molecule is C=CC(=O)Nc1cc(Oc2nc(Nc3cnn(C4CCN(CC(F)F)CC4)c3)c(C(N)=O)nc2CC)c(F)cc1F. The number of halogens is 4. The number of nitrogens with one attached hydrogen (secondary N) is 2. The highest BCUT2D eigenvalue weighted by Crippen LogP contribution is 2.32. The van der Waals surface area contributed by atoms with E-state index in [0.717, 1.165) is 12.1 Å². The van der Waals surface area contributed by atoms with Crippen LogP contribution >= 0.6 is 0 Å². The van der Waals surface area contributed by atoms with Crippen molar-refractivity contribution in [2.24, 2.45) is 5.73 Å². The Morgan fingerprint density at radius 1 is 1.22 bits per heavy atom. The molecule has 0 aliphatic carbocycles. The fourth-order valence-corrected chi connectivity index (χ4v) is 4.32. The van der Waals surface area contributed by atoms with E-state index < -0.39 is 35.6 Å². The molecule has 2 aromatic heterocycles. The van der Waals surface area contributed by atoms with Crippen molar-refractivity contribution in [1.29, 1.82) is 0 Å². The normalized spacial score (nSPS) is 14.2. The molecule has 1 aliphatic rings. The van der Waals surface area contributed by atoms with Crippen LogP contribution in [0, 0.1) is 11.6 Å². The number of carbonyl (C=O) groups excluding carboxylic acids is 2. The number of hydrogen-bond acceptors (Lipinski definition) is 8. The van der Waals surface area contributed by atoms with Crippen molar-refractivity contribution in [2.75, 3.05) is 30.3 Å². The van der Waals surface area contributed by atoms with E-state index >= 15 is 0 Å². The van der Waals surface area contributed by atoms with Gasteiger partial charge in [0.1, 0.15) is 11.5 Å². The lowest BCUT2D eigenvalue weighted by Crippen LogP contribution is -2.37. The lowest BCUT2D eigenvalue weighted by molar-refractivity contribution is -0.111. The number of piperidine rings is 1. The number of anilines is 3. The van der Waals surface area contributed by atoms with Crippen LogP contribution in [-0.4, -0.2) is 62.5 Å². The molecule has 0 atom stereocenters. The minimum absolute atomic E-state index is 0.0141. The molecule has 15 heteroatoms. The van der Waals surface area contributed by atoms with Gasteiger partial charge in [-0.25, -0.2) is 22.5 Å². The number of likely N-dealkylation sites (tertiary alicyclic amines) is 1. The Kier molecular flexibility index (Phi) is 9.17. The van der Waals surface area contributed by atoms with Gasteiger partial charge in [0.05, 0.1) is 30.2 Å². The molecular formula is C26H28F4N8O3. The number of aryl methyl sites for hydroxylation is 1. The fourth-order valence-electron chi connectivity index (χ4n) is 4.32. The van der Waals surface area contributed by atoms with Gasteiger partial charge in [0.2, 0.25) is 11.8 Å². The zero-order valence-electron chi connectivity index (χ0n) is 22.0. The average Bonchev–Trinajstić information content (AvgIpc) is 3.39. The van der Waals surface area contributed by atoms with Crippen LogP contribution in [0.5, 0.6) is 11.6 Å². The summed E-state index contributed by atoms with van der Waals surface area (Å²) in [6, 6.07) is 1.47. The molecule has 0 unspecified atom stereocenters. The van der Waals surface area contributed by atoms with E-state index in [2.05, 4.69) is 32.3 Å². The molecule has 1 fully saturated rings. The lowest BCUT2D eigenvalue weighted by Gasteiger charge is -2.31. The molecule has 1 aliphatic heterocycles. The first-order chi connectivity index (χ1) is 19.6. The summed E-state index contributed by atoms with van der Waals surface area (Å²) in [4.78, 5) is 34.1. The number of nitrogens with two attached hydrogens (primary N) is 1. The molecule has 2 amide bonds. The van der Waals surface area contributed by atoms with Gasteiger partial charge in [-0.05, 0) is 25.3 Å². The van der Waals surface area contributed by atoms with Crippen LogP contribution in [0.25, 0.3) is 0 Å². The van der Waals surface area contributed by atoms with Gasteiger partial charge in [0.25, 0.3) is 12.3 Å². The van der Waals surface area contributed by atoms with Gasteiger partial charge in [0, 0.05) is 31.4 Å². The van der Waals surface area contributed by atoms with Crippen LogP contribution in [0.15, 0.2) is 37.2 Å². The van der Waals surface area contributed by atoms with E-state index in [1.54, 1.807) is 22.7 Å². The Labute approximate surface area is 232 Å². The predicted molar refractivity (Wildman–Crippen MR) is 141 cm³/mol. The summed E-state index contributed by atoms with van der Waals surface area (Å²) in [6.45, 7) is 5.73. The Hall–Kier alpha value is -4.53. The second kappa shape index (κ2) is 12.8. The molecule has 218 valence electrons. The van der Waals surface area contributed by atoms with Gasteiger partial charge in [-0.2, -0.15) is 10.1 Å². The van der Waals surface area contributed by atoms with E-state index in [9.17, 15) is 27.2 Å². The molecule has 0 saturated carbocycles. The molecule has 41 heavy (non-hydrogen) atoms. The molecule has 3 heterocycles. The summed E-state index contributed by atoms with van der Waals surface area (Å²) >= 11 is 0. The van der Waals surface area contributed by atoms with Gasteiger partial charge >= 0.3 is 0 Å². The number of alkyl halides is 2. The quantitative estimate of drug-likeness (QED) is 0.228. The van der Waals surface area contributed by atoms with Crippen molar-refractivity contribution in [3.63, 3.8) is 0 Å². The van der Waals surface area contributed by atoms with Gasteiger partial charge in [0.15, 0.2) is 23.1 Å². The molecule has 3 aromatic rings. The molecule has 0 spiro atoms. The highest BCUT2D eigenvalue weighted by atomic mass is 19.3. The number of aromatic nitrogens is 4. The van der Waals surface area contributed by atoms with Crippen LogP contribution in [0.3, 0.4) is 0 Å². The first kappa shape index (κ1) is 29.5. The number of ether oxygens (including phenoxy) is 1. The third-order valence-corrected chi connectivity index (χ3v) is 6.36. The van der Waals surface area contributed by atoms with Crippen LogP contribution in [0.1, 0.15) is 42.0 Å². The highest BCUT2D eigenvalue weighted by molar-refractivity contribution is 5.99. The maximum atomic E-state index is 14.6. The van der Waals surface area contributed by atoms with Crippen LogP contribution < -0.4 is 21.1 Å². The second-order valence-corrected chi connectivity index (χ2v) is 9.21. The number of primary amides is 1. The number of nitrogens with zero attached hydrogens (tertiary/aromatic N) is 5. The summed E-state index contributed by atoms with van der Waals surface area (Å²) in [5.74, 6) is -4.45. The smallest absolute Gasteiger partial charge is 0.271 e. The fraction of sp³-hybridized carbons (Fsp3) is 0.346. The van der Waals surface area contributed by atoms with E-state index in [-0.39, 0.29) is 47.8 Å². The van der Waals surface area contributed by atoms with Gasteiger partial charge in [-0.3, -0.25) is 19.2 Å². The van der Waals surface area contributed by atoms with Crippen LogP contribution in [0.2, 0.25) is 0 Å². The Morgan fingerprint density at radius 2 is 1.95 bits per heavy atom. The van der Waals surface area contributed by atoms with Crippen molar-refractivity contribution < 1.29 is 31.9 Å². The number of benzene rings is 1. The predicted octanol–water partition coefficient (Wildman–Crippen LogP) is 4.18. The third-order valence-electron chi connectivity index (χ3n) is 6.36. The molecule has 4 rings (SSSR count).